The van der Waals surface area contributed by atoms with Gasteiger partial charge >= 0.3 is 12.3 Å². The van der Waals surface area contributed by atoms with Gasteiger partial charge in [-0.25, -0.2) is 9.78 Å². The lowest BCUT2D eigenvalue weighted by atomic mass is 10.1. The van der Waals surface area contributed by atoms with Gasteiger partial charge in [-0.1, -0.05) is 11.6 Å². The van der Waals surface area contributed by atoms with Crippen LogP contribution in [0.15, 0.2) is 16.7 Å². The molecule has 26 heavy (non-hydrogen) atoms. The molecule has 0 aromatic carbocycles. The number of ether oxygens (including phenoxy) is 1. The fraction of sp³-hybridized carbons (Fsp3) is 0.600. The number of rotatable bonds is 5. The minimum absolute atomic E-state index is 0.0487. The number of alkyl halides is 3. The molecule has 0 saturated carbocycles. The Morgan fingerprint density at radius 1 is 1.31 bits per heavy atom. The number of nitrogens with zero attached hydrogens (tertiary/aromatic N) is 2. The van der Waals surface area contributed by atoms with Crippen molar-refractivity contribution in [2.75, 3.05) is 13.1 Å². The van der Waals surface area contributed by atoms with E-state index in [4.69, 9.17) is 16.3 Å². The Balaban J connectivity index is 3.01. The maximum absolute atomic E-state index is 12.7. The van der Waals surface area contributed by atoms with Gasteiger partial charge in [0, 0.05) is 0 Å². The van der Waals surface area contributed by atoms with Crippen LogP contribution in [0.2, 0.25) is 5.15 Å². The fourth-order valence-electron chi connectivity index (χ4n) is 1.85. The van der Waals surface area contributed by atoms with Gasteiger partial charge in [0.15, 0.2) is 6.10 Å². The molecule has 1 amide bonds. The van der Waals surface area contributed by atoms with Gasteiger partial charge in [0.25, 0.3) is 0 Å². The molecule has 11 heteroatoms. The van der Waals surface area contributed by atoms with Crippen molar-refractivity contribution in [3.63, 3.8) is 0 Å². The number of aliphatic hydroxyl groups is 2. The largest absolute Gasteiger partial charge is 0.444 e. The monoisotopic (exact) mass is 462 g/mol. The van der Waals surface area contributed by atoms with Gasteiger partial charge in [-0.15, -0.1) is 0 Å². The highest BCUT2D eigenvalue weighted by Gasteiger charge is 2.41. The number of carbonyl (C=O) groups excluding carboxylic acids is 1. The smallest absolute Gasteiger partial charge is 0.416 e. The van der Waals surface area contributed by atoms with Crippen molar-refractivity contribution in [3.8, 4) is 0 Å². The minimum atomic E-state index is -4.92. The van der Waals surface area contributed by atoms with Gasteiger partial charge < -0.3 is 19.8 Å². The molecule has 0 spiro atoms. The van der Waals surface area contributed by atoms with Crippen LogP contribution in [0.4, 0.5) is 18.0 Å². The summed E-state index contributed by atoms with van der Waals surface area (Å²) >= 11 is 8.86. The van der Waals surface area contributed by atoms with Crippen LogP contribution < -0.4 is 0 Å². The highest BCUT2D eigenvalue weighted by atomic mass is 79.9. The number of carbonyl (C=O) groups is 1. The third-order valence-corrected chi connectivity index (χ3v) is 3.59. The highest BCUT2D eigenvalue weighted by Crippen LogP contribution is 2.25. The van der Waals surface area contributed by atoms with E-state index >= 15 is 0 Å². The molecule has 6 nitrogen and oxygen atoms in total. The molecular weight excluding hydrogens is 445 g/mol. The van der Waals surface area contributed by atoms with Crippen LogP contribution in [-0.2, 0) is 4.74 Å². The third-order valence-electron chi connectivity index (χ3n) is 2.99. The second-order valence-electron chi connectivity index (χ2n) is 6.50. The van der Waals surface area contributed by atoms with E-state index < -0.39 is 43.2 Å². The predicted octanol–water partition coefficient (Wildman–Crippen LogP) is 3.69. The van der Waals surface area contributed by atoms with Crippen LogP contribution in [0.1, 0.15) is 32.4 Å². The highest BCUT2D eigenvalue weighted by molar-refractivity contribution is 9.10. The van der Waals surface area contributed by atoms with Gasteiger partial charge in [-0.05, 0) is 54.4 Å². The van der Waals surface area contributed by atoms with Crippen LogP contribution in [0.5, 0.6) is 0 Å². The zero-order valence-electron chi connectivity index (χ0n) is 14.2. The van der Waals surface area contributed by atoms with Crippen molar-refractivity contribution in [2.45, 2.75) is 44.8 Å². The van der Waals surface area contributed by atoms with Crippen LogP contribution >= 0.6 is 27.5 Å². The van der Waals surface area contributed by atoms with Gasteiger partial charge in [-0.3, -0.25) is 0 Å². The molecule has 0 saturated heterocycles. The van der Waals surface area contributed by atoms with Gasteiger partial charge in [0.05, 0.1) is 19.2 Å². The zero-order valence-corrected chi connectivity index (χ0v) is 16.6. The van der Waals surface area contributed by atoms with Crippen molar-refractivity contribution in [2.24, 2.45) is 0 Å². The first-order chi connectivity index (χ1) is 11.7. The number of hydrogen-bond donors (Lipinski definition) is 2. The Bertz CT molecular complexity index is 620. The molecule has 0 bridgehead atoms. The summed E-state index contributed by atoms with van der Waals surface area (Å²) in [5, 5.41) is 19.6. The quantitative estimate of drug-likeness (QED) is 0.651. The molecule has 2 N–H and O–H groups in total. The molecule has 2 atom stereocenters. The van der Waals surface area contributed by atoms with E-state index in [0.29, 0.717) is 9.50 Å². The van der Waals surface area contributed by atoms with Crippen LogP contribution in [0.3, 0.4) is 0 Å². The summed E-state index contributed by atoms with van der Waals surface area (Å²) < 4.78 is 43.3. The Kier molecular flexibility index (Phi) is 7.70. The molecule has 0 aliphatic heterocycles. The Labute approximate surface area is 162 Å². The van der Waals surface area contributed by atoms with E-state index in [1.54, 1.807) is 20.8 Å². The number of halogens is 5. The fourth-order valence-corrected chi connectivity index (χ4v) is 2.63. The topological polar surface area (TPSA) is 82.9 Å². The van der Waals surface area contributed by atoms with Crippen molar-refractivity contribution in [3.05, 3.63) is 27.5 Å². The molecule has 1 rings (SSSR count). The lowest BCUT2D eigenvalue weighted by Crippen LogP contribution is -2.47. The Hall–Kier alpha value is -1.10. The first kappa shape index (κ1) is 22.9. The summed E-state index contributed by atoms with van der Waals surface area (Å²) in [6.45, 7) is 2.99. The van der Waals surface area contributed by atoms with Gasteiger partial charge in [0.2, 0.25) is 0 Å². The first-order valence-corrected chi connectivity index (χ1v) is 8.60. The van der Waals surface area contributed by atoms with E-state index in [9.17, 15) is 28.2 Å². The standard InChI is InChI=1S/C15H19BrClF3N2O4/c1-14(2,3)26-13(25)22(7-10(24)15(18,19)20)6-9(23)8-4-11(16)21-12(17)5-8/h4-5,9-10,23-24H,6-7H2,1-3H3. The number of amides is 1. The summed E-state index contributed by atoms with van der Waals surface area (Å²) in [5.74, 6) is 0. The molecule has 0 aliphatic rings. The summed E-state index contributed by atoms with van der Waals surface area (Å²) in [7, 11) is 0. The van der Waals surface area contributed by atoms with E-state index in [2.05, 4.69) is 20.9 Å². The molecule has 0 radical (unpaired) electrons. The number of hydrogen-bond acceptors (Lipinski definition) is 5. The number of aromatic nitrogens is 1. The average Bonchev–Trinajstić information content (AvgIpc) is 2.42. The summed E-state index contributed by atoms with van der Waals surface area (Å²) in [6.07, 6.45) is -10.2. The molecule has 1 aromatic rings. The summed E-state index contributed by atoms with van der Waals surface area (Å²) in [5.41, 5.74) is -0.737. The molecule has 1 heterocycles. The summed E-state index contributed by atoms with van der Waals surface area (Å²) in [6, 6.07) is 2.72. The SMILES string of the molecule is CC(C)(C)OC(=O)N(CC(O)c1cc(Cl)nc(Br)c1)CC(O)C(F)(F)F. The summed E-state index contributed by atoms with van der Waals surface area (Å²) in [4.78, 5) is 16.6. The first-order valence-electron chi connectivity index (χ1n) is 7.43. The average molecular weight is 464 g/mol. The molecule has 0 aliphatic carbocycles. The second kappa shape index (κ2) is 8.73. The number of aliphatic hydroxyl groups excluding tert-OH is 2. The predicted molar refractivity (Wildman–Crippen MR) is 91.8 cm³/mol. The number of pyridine rings is 1. The Morgan fingerprint density at radius 3 is 2.35 bits per heavy atom. The van der Waals surface area contributed by atoms with Crippen molar-refractivity contribution < 1.29 is 32.9 Å². The molecule has 148 valence electrons. The second-order valence-corrected chi connectivity index (χ2v) is 7.70. The van der Waals surface area contributed by atoms with Gasteiger partial charge in [-0.2, -0.15) is 13.2 Å². The van der Waals surface area contributed by atoms with Crippen molar-refractivity contribution >= 4 is 33.6 Å². The molecule has 2 unspecified atom stereocenters. The van der Waals surface area contributed by atoms with E-state index in [1.807, 2.05) is 0 Å². The third kappa shape index (κ3) is 7.65. The Morgan fingerprint density at radius 2 is 1.88 bits per heavy atom. The van der Waals surface area contributed by atoms with Crippen molar-refractivity contribution in [1.29, 1.82) is 0 Å². The van der Waals surface area contributed by atoms with Crippen molar-refractivity contribution in [1.82, 2.24) is 9.88 Å². The van der Waals surface area contributed by atoms with Crippen LogP contribution in [0, 0.1) is 0 Å². The maximum Gasteiger partial charge on any atom is 0.416 e. The minimum Gasteiger partial charge on any atom is -0.444 e. The van der Waals surface area contributed by atoms with E-state index in [0.717, 1.165) is 0 Å². The van der Waals surface area contributed by atoms with E-state index in [1.165, 1.54) is 12.1 Å². The molecule has 1 aromatic heterocycles. The van der Waals surface area contributed by atoms with E-state index in [-0.39, 0.29) is 10.7 Å². The van der Waals surface area contributed by atoms with Crippen LogP contribution in [-0.4, -0.2) is 57.2 Å². The molecule has 0 fully saturated rings. The normalized spacial score (nSPS) is 14.7. The molecular formula is C15H19BrClF3N2O4. The van der Waals surface area contributed by atoms with Gasteiger partial charge in [0.1, 0.15) is 15.4 Å². The maximum atomic E-state index is 12.7. The zero-order chi connectivity index (χ0) is 20.3. The van der Waals surface area contributed by atoms with Crippen LogP contribution in [0.25, 0.3) is 0 Å². The lowest BCUT2D eigenvalue weighted by Gasteiger charge is -2.30. The lowest BCUT2D eigenvalue weighted by molar-refractivity contribution is -0.207.